The molecule has 1 saturated heterocycles. The lowest BCUT2D eigenvalue weighted by molar-refractivity contribution is -0.247. The Bertz CT molecular complexity index is 1650. The van der Waals surface area contributed by atoms with Crippen LogP contribution in [0.15, 0.2) is 18.2 Å². The van der Waals surface area contributed by atoms with E-state index in [0.717, 1.165) is 6.42 Å². The summed E-state index contributed by atoms with van der Waals surface area (Å²) in [4.78, 5) is 39.7. The van der Waals surface area contributed by atoms with E-state index in [1.54, 1.807) is 6.92 Å². The Morgan fingerprint density at radius 1 is 0.845 bits per heavy atom. The highest BCUT2D eigenvalue weighted by atomic mass is 16.7. The van der Waals surface area contributed by atoms with Crippen molar-refractivity contribution in [3.63, 3.8) is 0 Å². The molecule has 5 rings (SSSR count). The summed E-state index contributed by atoms with van der Waals surface area (Å²) in [6, 6.07) is 3.64. The zero-order chi connectivity index (χ0) is 42.4. The number of ketones is 3. The average molecular weight is 814 g/mol. The molecule has 1 aliphatic heterocycles. The molecule has 58 heavy (non-hydrogen) atoms. The fourth-order valence-electron chi connectivity index (χ4n) is 8.41. The summed E-state index contributed by atoms with van der Waals surface area (Å²) < 4.78 is 17.0. The van der Waals surface area contributed by atoms with Crippen LogP contribution in [0.2, 0.25) is 0 Å². The molecule has 0 unspecified atom stereocenters. The minimum Gasteiger partial charge on any atom is -0.507 e. The molecular weight excluding hydrogens is 746 g/mol. The van der Waals surface area contributed by atoms with Crippen LogP contribution in [0.25, 0.3) is 0 Å². The van der Waals surface area contributed by atoms with E-state index in [4.69, 9.17) is 25.1 Å². The molecule has 0 spiro atoms. The Labute approximate surface area is 342 Å². The van der Waals surface area contributed by atoms with Gasteiger partial charge < -0.3 is 50.6 Å². The quantitative estimate of drug-likeness (QED) is 0.0468. The molecule has 2 aromatic rings. The molecule has 2 aromatic carbocycles. The van der Waals surface area contributed by atoms with Gasteiger partial charge in [0.05, 0.1) is 42.1 Å². The maximum atomic E-state index is 13.6. The van der Waals surface area contributed by atoms with Crippen molar-refractivity contribution in [1.82, 2.24) is 0 Å². The first-order valence-electron chi connectivity index (χ1n) is 21.4. The number of fused-ring (bicyclic) bond motifs is 3. The third-order valence-corrected chi connectivity index (χ3v) is 11.8. The monoisotopic (exact) mass is 813 g/mol. The van der Waals surface area contributed by atoms with Gasteiger partial charge in [-0.15, -0.1) is 0 Å². The van der Waals surface area contributed by atoms with E-state index >= 15 is 0 Å². The van der Waals surface area contributed by atoms with Crippen molar-refractivity contribution >= 4 is 17.3 Å². The first-order chi connectivity index (χ1) is 27.8. The summed E-state index contributed by atoms with van der Waals surface area (Å²) >= 11 is 0. The van der Waals surface area contributed by atoms with Crippen molar-refractivity contribution in [3.05, 3.63) is 51.6 Å². The molecule has 1 fully saturated rings. The van der Waals surface area contributed by atoms with Gasteiger partial charge in [-0.1, -0.05) is 115 Å². The number of benzene rings is 2. The van der Waals surface area contributed by atoms with E-state index in [-0.39, 0.29) is 34.4 Å². The van der Waals surface area contributed by atoms with Gasteiger partial charge in [0.1, 0.15) is 29.5 Å². The highest BCUT2D eigenvalue weighted by molar-refractivity contribution is 6.31. The predicted octanol–water partition coefficient (Wildman–Crippen LogP) is 6.24. The number of phenols is 2. The number of methoxy groups -OCH3 is 1. The van der Waals surface area contributed by atoms with Crippen molar-refractivity contribution < 1.29 is 59.2 Å². The number of aromatic hydroxyl groups is 2. The summed E-state index contributed by atoms with van der Waals surface area (Å²) in [6.45, 7) is 3.22. The fraction of sp³-hybridized carbons (Fsp3) is 0.667. The Balaban J connectivity index is 0.000000332. The van der Waals surface area contributed by atoms with Crippen LogP contribution >= 0.6 is 0 Å². The highest BCUT2D eigenvalue weighted by Gasteiger charge is 2.50. The Morgan fingerprint density at radius 2 is 1.40 bits per heavy atom. The molecule has 2 aliphatic carbocycles. The number of nitrogens with two attached hydrogens (primary N) is 1. The van der Waals surface area contributed by atoms with Crippen molar-refractivity contribution in [1.29, 1.82) is 0 Å². The summed E-state index contributed by atoms with van der Waals surface area (Å²) in [7, 11) is 1.32. The van der Waals surface area contributed by atoms with Crippen LogP contribution < -0.4 is 10.5 Å². The zero-order valence-corrected chi connectivity index (χ0v) is 34.7. The third-order valence-electron chi connectivity index (χ3n) is 11.8. The lowest BCUT2D eigenvalue weighted by Crippen LogP contribution is -2.53. The zero-order valence-electron chi connectivity index (χ0n) is 34.7. The Hall–Kier alpha value is -3.43. The van der Waals surface area contributed by atoms with Gasteiger partial charge in [-0.2, -0.15) is 0 Å². The molecule has 3 aliphatic rings. The number of Topliss-reactive ketones (excluding diaryl/α,β-unsaturated/α-hetero) is 1. The van der Waals surface area contributed by atoms with E-state index in [1.807, 2.05) is 0 Å². The van der Waals surface area contributed by atoms with Gasteiger partial charge in [-0.25, -0.2) is 0 Å². The van der Waals surface area contributed by atoms with Crippen LogP contribution in [0.4, 0.5) is 0 Å². The van der Waals surface area contributed by atoms with Crippen molar-refractivity contribution in [2.75, 3.05) is 20.3 Å². The topological polar surface area (TPSA) is 226 Å². The van der Waals surface area contributed by atoms with Crippen LogP contribution in [-0.4, -0.2) is 98.5 Å². The number of carbonyl (C=O) groups is 3. The lowest BCUT2D eigenvalue weighted by atomic mass is 9.72. The molecule has 0 radical (unpaired) electrons. The molecule has 324 valence electrons. The van der Waals surface area contributed by atoms with E-state index in [1.165, 1.54) is 122 Å². The Morgan fingerprint density at radius 3 is 1.91 bits per heavy atom. The summed E-state index contributed by atoms with van der Waals surface area (Å²) in [6.07, 6.45) is 17.0. The van der Waals surface area contributed by atoms with Crippen molar-refractivity contribution in [3.8, 4) is 17.2 Å². The molecule has 6 atom stereocenters. The smallest absolute Gasteiger partial charge is 0.202 e. The minimum atomic E-state index is -2.24. The van der Waals surface area contributed by atoms with Gasteiger partial charge in [-0.05, 0) is 19.4 Å². The summed E-state index contributed by atoms with van der Waals surface area (Å²) in [5, 5.41) is 62.4. The number of carbonyl (C=O) groups excluding carboxylic acids is 3. The van der Waals surface area contributed by atoms with Crippen LogP contribution in [0.5, 0.6) is 17.2 Å². The van der Waals surface area contributed by atoms with E-state index in [2.05, 4.69) is 6.92 Å². The van der Waals surface area contributed by atoms with Gasteiger partial charge in [0, 0.05) is 48.6 Å². The second-order valence-corrected chi connectivity index (χ2v) is 16.2. The summed E-state index contributed by atoms with van der Waals surface area (Å²) in [5.41, 5.74) is 2.37. The number of hydrogen-bond acceptors (Lipinski definition) is 13. The van der Waals surface area contributed by atoms with Crippen molar-refractivity contribution in [2.45, 2.75) is 172 Å². The maximum Gasteiger partial charge on any atom is 0.202 e. The van der Waals surface area contributed by atoms with Gasteiger partial charge in [0.2, 0.25) is 5.78 Å². The third kappa shape index (κ3) is 11.4. The van der Waals surface area contributed by atoms with E-state index < -0.39 is 95.7 Å². The number of aliphatic hydroxyl groups is 4. The fourth-order valence-corrected chi connectivity index (χ4v) is 8.41. The summed E-state index contributed by atoms with van der Waals surface area (Å²) in [5.74, 6) is -3.77. The number of aliphatic hydroxyl groups excluding tert-OH is 3. The molecular formula is C45H67NO12. The van der Waals surface area contributed by atoms with E-state index in [9.17, 15) is 39.9 Å². The minimum absolute atomic E-state index is 0.0173. The number of hydrogen-bond donors (Lipinski definition) is 7. The Kier molecular flexibility index (Phi) is 18.6. The highest BCUT2D eigenvalue weighted by Crippen LogP contribution is 2.52. The molecule has 0 amide bonds. The molecule has 0 aromatic heterocycles. The normalized spacial score (nSPS) is 23.7. The molecule has 1 heterocycles. The average Bonchev–Trinajstić information content (AvgIpc) is 3.21. The number of rotatable bonds is 21. The van der Waals surface area contributed by atoms with Crippen LogP contribution in [0.3, 0.4) is 0 Å². The second-order valence-electron chi connectivity index (χ2n) is 16.2. The number of unbranched alkanes of at least 4 members (excludes halogenated alkanes) is 15. The van der Waals surface area contributed by atoms with Crippen molar-refractivity contribution in [2.24, 2.45) is 5.73 Å². The number of phenolic OH excluding ortho intramolecular Hbond substituents is 2. The van der Waals surface area contributed by atoms with Gasteiger partial charge >= 0.3 is 0 Å². The van der Waals surface area contributed by atoms with E-state index in [0.29, 0.717) is 6.61 Å². The molecule has 0 bridgehead atoms. The number of ether oxygens (including phenoxy) is 3. The SMILES string of the molecule is CCCCCCCCCCCCCCCCCCO.COc1cccc2c1C(=O)c1c(O)c3c(c(O)c1C2=O)C[C@@](O)(C(=O)CO)C[C@@H]3O[C@H]1C[C@H](N)[C@H](O)[C@H](C)O1. The largest absolute Gasteiger partial charge is 0.507 e. The van der Waals surface area contributed by atoms with Gasteiger partial charge in [0.25, 0.3) is 0 Å². The molecule has 0 saturated carbocycles. The maximum absolute atomic E-state index is 13.6. The van der Waals surface area contributed by atoms with Crippen LogP contribution in [0.1, 0.15) is 178 Å². The molecule has 8 N–H and O–H groups in total. The molecule has 13 heteroatoms. The first kappa shape index (κ1) is 47.3. The van der Waals surface area contributed by atoms with Gasteiger partial charge in [-0.3, -0.25) is 14.4 Å². The molecule has 13 nitrogen and oxygen atoms in total. The van der Waals surface area contributed by atoms with Crippen LogP contribution in [0, 0.1) is 0 Å². The van der Waals surface area contributed by atoms with Crippen LogP contribution in [-0.2, 0) is 20.7 Å². The second kappa shape index (κ2) is 22.8. The first-order valence-corrected chi connectivity index (χ1v) is 21.4. The lowest BCUT2D eigenvalue weighted by Gasteiger charge is -2.42. The van der Waals surface area contributed by atoms with Gasteiger partial charge in [0.15, 0.2) is 17.9 Å². The standard InChI is InChI=1S/C27H29NO11.C18H38O/c1-10-22(31)13(28)6-17(38-10)39-15-8-27(36,16(30)9-29)7-12-19(15)26(35)21-20(24(12)33)23(32)11-4-3-5-14(37-2)18(11)25(21)34;1-2-3-4-5-6-7-8-9-10-11-12-13-14-15-16-17-18-19/h3-5,10,13,15,17,22,29,31,33,35-36H,6-9,28H2,1-2H3;19H,2-18H2,1H3/t10-,13-,15-,17-,22+,27-;/m0./s1. The predicted molar refractivity (Wildman–Crippen MR) is 218 cm³/mol.